The molecular weight excluding hydrogens is 320 g/mol. The molecule has 2 heterocycles. The molecular formula is C20H18O5. The average Bonchev–Trinajstić information content (AvgIpc) is 3.08. The van der Waals surface area contributed by atoms with Crippen LogP contribution < -0.4 is 14.9 Å². The quantitative estimate of drug-likeness (QED) is 0.781. The van der Waals surface area contributed by atoms with E-state index in [1.165, 1.54) is 6.07 Å². The summed E-state index contributed by atoms with van der Waals surface area (Å²) in [5, 5.41) is 10.5. The Morgan fingerprint density at radius 2 is 1.84 bits per heavy atom. The number of hydrogen-bond donors (Lipinski definition) is 1. The molecule has 128 valence electrons. The summed E-state index contributed by atoms with van der Waals surface area (Å²) >= 11 is 0. The second-order valence-electron chi connectivity index (χ2n) is 5.98. The summed E-state index contributed by atoms with van der Waals surface area (Å²) in [6.07, 6.45) is 1.20. The van der Waals surface area contributed by atoms with E-state index in [-0.39, 0.29) is 18.0 Å². The van der Waals surface area contributed by atoms with Crippen molar-refractivity contribution in [2.24, 2.45) is 0 Å². The summed E-state index contributed by atoms with van der Waals surface area (Å²) in [6.45, 7) is 4.05. The Bertz CT molecular complexity index is 1030. The molecule has 5 nitrogen and oxygen atoms in total. The summed E-state index contributed by atoms with van der Waals surface area (Å²) in [5.41, 5.74) is 2.29. The first-order valence-corrected chi connectivity index (χ1v) is 8.34. The predicted octanol–water partition coefficient (Wildman–Crippen LogP) is 4.02. The topological polar surface area (TPSA) is 68.9 Å². The van der Waals surface area contributed by atoms with E-state index in [0.717, 1.165) is 11.1 Å². The largest absolute Gasteiger partial charge is 0.508 e. The lowest BCUT2D eigenvalue weighted by molar-refractivity contribution is 0.174. The van der Waals surface area contributed by atoms with Gasteiger partial charge < -0.3 is 19.0 Å². The second-order valence-corrected chi connectivity index (χ2v) is 5.98. The van der Waals surface area contributed by atoms with Crippen LogP contribution in [0.2, 0.25) is 0 Å². The number of rotatable bonds is 3. The van der Waals surface area contributed by atoms with Gasteiger partial charge in [-0.15, -0.1) is 0 Å². The Hall–Kier alpha value is -2.95. The summed E-state index contributed by atoms with van der Waals surface area (Å²) in [4.78, 5) is 13.2. The fraction of sp³-hybridized carbons (Fsp3) is 0.250. The molecule has 0 saturated heterocycles. The van der Waals surface area contributed by atoms with Crippen molar-refractivity contribution in [3.05, 3.63) is 51.9 Å². The Morgan fingerprint density at radius 3 is 2.60 bits per heavy atom. The molecule has 1 N–H and O–H groups in total. The van der Waals surface area contributed by atoms with Gasteiger partial charge in [-0.1, -0.05) is 19.9 Å². The zero-order valence-corrected chi connectivity index (χ0v) is 14.1. The van der Waals surface area contributed by atoms with E-state index in [1.807, 2.05) is 19.9 Å². The molecule has 25 heavy (non-hydrogen) atoms. The summed E-state index contributed by atoms with van der Waals surface area (Å²) in [6, 6.07) is 8.69. The summed E-state index contributed by atoms with van der Waals surface area (Å²) in [7, 11) is 0. The molecule has 0 amide bonds. The van der Waals surface area contributed by atoms with E-state index in [0.29, 0.717) is 46.6 Å². The molecule has 5 heteroatoms. The van der Waals surface area contributed by atoms with E-state index in [2.05, 4.69) is 0 Å². The third-order valence-corrected chi connectivity index (χ3v) is 4.53. The fourth-order valence-corrected chi connectivity index (χ4v) is 3.20. The summed E-state index contributed by atoms with van der Waals surface area (Å²) in [5.74, 6) is 2.03. The van der Waals surface area contributed by atoms with Gasteiger partial charge in [0.25, 0.3) is 0 Å². The first-order valence-electron chi connectivity index (χ1n) is 8.34. The minimum atomic E-state index is -0.105. The van der Waals surface area contributed by atoms with Crippen molar-refractivity contribution in [2.75, 3.05) is 6.79 Å². The van der Waals surface area contributed by atoms with Crippen molar-refractivity contribution in [3.8, 4) is 28.4 Å². The van der Waals surface area contributed by atoms with E-state index < -0.39 is 0 Å². The molecule has 1 aliphatic heterocycles. The molecule has 2 aromatic carbocycles. The number of phenols is 1. The van der Waals surface area contributed by atoms with Crippen LogP contribution >= 0.6 is 0 Å². The molecule has 3 aromatic rings. The number of aromatic hydroxyl groups is 1. The van der Waals surface area contributed by atoms with Gasteiger partial charge in [0.2, 0.25) is 12.2 Å². The van der Waals surface area contributed by atoms with Crippen molar-refractivity contribution in [1.82, 2.24) is 0 Å². The third kappa shape index (κ3) is 2.43. The lowest BCUT2D eigenvalue weighted by Gasteiger charge is -2.11. The molecule has 1 aliphatic rings. The van der Waals surface area contributed by atoms with Gasteiger partial charge in [0.1, 0.15) is 17.1 Å². The van der Waals surface area contributed by atoms with Crippen LogP contribution in [0, 0.1) is 0 Å². The molecule has 0 fully saturated rings. The summed E-state index contributed by atoms with van der Waals surface area (Å²) < 4.78 is 16.7. The van der Waals surface area contributed by atoms with Gasteiger partial charge in [-0.25, -0.2) is 0 Å². The highest BCUT2D eigenvalue weighted by atomic mass is 16.7. The van der Waals surface area contributed by atoms with Crippen LogP contribution in [0.1, 0.15) is 25.2 Å². The molecule has 1 aromatic heterocycles. The minimum Gasteiger partial charge on any atom is -0.508 e. The normalized spacial score (nSPS) is 12.7. The molecule has 4 rings (SSSR count). The molecule has 0 unspecified atom stereocenters. The molecule has 0 aliphatic carbocycles. The van der Waals surface area contributed by atoms with Crippen LogP contribution in [-0.2, 0) is 12.8 Å². The fourth-order valence-electron chi connectivity index (χ4n) is 3.20. The molecule has 0 spiro atoms. The number of phenolic OH excluding ortho intramolecular Hbond substituents is 1. The first-order chi connectivity index (χ1) is 12.1. The second kappa shape index (κ2) is 5.84. The van der Waals surface area contributed by atoms with E-state index in [9.17, 15) is 9.90 Å². The highest BCUT2D eigenvalue weighted by molar-refractivity contribution is 5.85. The number of benzene rings is 2. The van der Waals surface area contributed by atoms with E-state index >= 15 is 0 Å². The predicted molar refractivity (Wildman–Crippen MR) is 94.5 cm³/mol. The Morgan fingerprint density at radius 1 is 1.04 bits per heavy atom. The Balaban J connectivity index is 2.01. The van der Waals surface area contributed by atoms with E-state index in [4.69, 9.17) is 13.9 Å². The van der Waals surface area contributed by atoms with Gasteiger partial charge >= 0.3 is 0 Å². The smallest absolute Gasteiger partial charge is 0.231 e. The molecule has 0 radical (unpaired) electrons. The van der Waals surface area contributed by atoms with Crippen molar-refractivity contribution in [2.45, 2.75) is 26.7 Å². The Labute approximate surface area is 144 Å². The van der Waals surface area contributed by atoms with Crippen LogP contribution in [0.3, 0.4) is 0 Å². The van der Waals surface area contributed by atoms with Gasteiger partial charge in [-0.2, -0.15) is 0 Å². The molecule has 0 atom stereocenters. The van der Waals surface area contributed by atoms with Crippen molar-refractivity contribution >= 4 is 11.0 Å². The minimum absolute atomic E-state index is 0.105. The third-order valence-electron chi connectivity index (χ3n) is 4.53. The monoisotopic (exact) mass is 338 g/mol. The van der Waals surface area contributed by atoms with Gasteiger partial charge in [0, 0.05) is 12.5 Å². The lowest BCUT2D eigenvalue weighted by atomic mass is 9.99. The highest BCUT2D eigenvalue weighted by Gasteiger charge is 2.20. The standard InChI is InChI=1S/C20H18O5/c1-3-11-7-13-17(9-14(11)21)25-15(4-2)19(20(13)22)12-5-6-16-18(8-12)24-10-23-16/h5-9,21H,3-4,10H2,1-2H3. The van der Waals surface area contributed by atoms with Crippen LogP contribution in [0.15, 0.2) is 39.5 Å². The van der Waals surface area contributed by atoms with Crippen molar-refractivity contribution in [3.63, 3.8) is 0 Å². The maximum absolute atomic E-state index is 13.2. The molecule has 0 saturated carbocycles. The van der Waals surface area contributed by atoms with Gasteiger partial charge in [0.15, 0.2) is 11.5 Å². The maximum atomic E-state index is 13.2. The van der Waals surface area contributed by atoms with Crippen LogP contribution in [-0.4, -0.2) is 11.9 Å². The first kappa shape index (κ1) is 15.6. The van der Waals surface area contributed by atoms with Gasteiger partial charge in [-0.3, -0.25) is 4.79 Å². The SMILES string of the molecule is CCc1cc2c(=O)c(-c3ccc4c(c3)OCO4)c(CC)oc2cc1O. The number of hydrogen-bond acceptors (Lipinski definition) is 5. The van der Waals surface area contributed by atoms with Crippen LogP contribution in [0.5, 0.6) is 17.2 Å². The van der Waals surface area contributed by atoms with E-state index in [1.54, 1.807) is 18.2 Å². The van der Waals surface area contributed by atoms with Crippen molar-refractivity contribution in [1.29, 1.82) is 0 Å². The zero-order valence-electron chi connectivity index (χ0n) is 14.1. The zero-order chi connectivity index (χ0) is 17.6. The van der Waals surface area contributed by atoms with Crippen LogP contribution in [0.25, 0.3) is 22.1 Å². The van der Waals surface area contributed by atoms with Crippen LogP contribution in [0.4, 0.5) is 0 Å². The average molecular weight is 338 g/mol. The maximum Gasteiger partial charge on any atom is 0.231 e. The number of ether oxygens (including phenoxy) is 2. The van der Waals surface area contributed by atoms with Gasteiger partial charge in [0.05, 0.1) is 10.9 Å². The number of aryl methyl sites for hydroxylation is 2. The Kier molecular flexibility index (Phi) is 3.64. The number of fused-ring (bicyclic) bond motifs is 2. The van der Waals surface area contributed by atoms with Gasteiger partial charge in [-0.05, 0) is 35.7 Å². The lowest BCUT2D eigenvalue weighted by Crippen LogP contribution is -2.09. The highest BCUT2D eigenvalue weighted by Crippen LogP contribution is 2.37. The molecule has 0 bridgehead atoms. The van der Waals surface area contributed by atoms with Crippen molar-refractivity contribution < 1.29 is 19.0 Å².